The van der Waals surface area contributed by atoms with Gasteiger partial charge in [0, 0.05) is 37.8 Å². The molecule has 2 rings (SSSR count). The molecule has 0 aromatic heterocycles. The number of rotatable bonds is 4. The van der Waals surface area contributed by atoms with Crippen LogP contribution in [0.4, 0.5) is 0 Å². The van der Waals surface area contributed by atoms with Crippen molar-refractivity contribution in [3.05, 3.63) is 0 Å². The summed E-state index contributed by atoms with van der Waals surface area (Å²) in [6, 6.07) is 2.41. The minimum absolute atomic E-state index is 0.742. The fraction of sp³-hybridized carbons (Fsp3) is 1.00. The second-order valence-electron chi connectivity index (χ2n) is 5.92. The second kappa shape index (κ2) is 4.42. The van der Waals surface area contributed by atoms with Crippen molar-refractivity contribution in [2.75, 3.05) is 19.6 Å². The molecule has 2 aliphatic heterocycles. The lowest BCUT2D eigenvalue weighted by molar-refractivity contribution is 0.00531. The van der Waals surface area contributed by atoms with Crippen LogP contribution in [0.3, 0.4) is 0 Å². The molecule has 0 spiro atoms. The topological polar surface area (TPSA) is 6.48 Å². The van der Waals surface area contributed by atoms with E-state index in [0.29, 0.717) is 0 Å². The summed E-state index contributed by atoms with van der Waals surface area (Å²) in [4.78, 5) is 5.29. The van der Waals surface area contributed by atoms with Crippen molar-refractivity contribution in [3.8, 4) is 0 Å². The first kappa shape index (κ1) is 11.4. The maximum Gasteiger partial charge on any atom is 0.0125 e. The second-order valence-corrected chi connectivity index (χ2v) is 5.92. The highest BCUT2D eigenvalue weighted by Crippen LogP contribution is 2.28. The Morgan fingerprint density at radius 1 is 1.20 bits per heavy atom. The Labute approximate surface area is 94.6 Å². The molecule has 0 radical (unpaired) electrons. The van der Waals surface area contributed by atoms with Gasteiger partial charge in [-0.2, -0.15) is 0 Å². The molecule has 2 saturated heterocycles. The highest BCUT2D eigenvalue weighted by atomic mass is 15.3. The minimum atomic E-state index is 0.742. The summed E-state index contributed by atoms with van der Waals surface area (Å²) in [5, 5.41) is 0. The number of likely N-dealkylation sites (tertiary alicyclic amines) is 2. The molecule has 2 heteroatoms. The monoisotopic (exact) mass is 210 g/mol. The first-order valence-electron chi connectivity index (χ1n) is 6.57. The molecule has 0 bridgehead atoms. The average molecular weight is 210 g/mol. The highest BCUT2D eigenvalue weighted by molar-refractivity contribution is 4.90. The van der Waals surface area contributed by atoms with E-state index in [1.165, 1.54) is 32.5 Å². The van der Waals surface area contributed by atoms with Crippen molar-refractivity contribution in [1.29, 1.82) is 0 Å². The third-order valence-corrected chi connectivity index (χ3v) is 4.18. The van der Waals surface area contributed by atoms with E-state index >= 15 is 0 Å². The number of hydrogen-bond donors (Lipinski definition) is 0. The van der Waals surface area contributed by atoms with Crippen LogP contribution in [-0.4, -0.2) is 47.6 Å². The molecule has 0 amide bonds. The van der Waals surface area contributed by atoms with Gasteiger partial charge in [-0.3, -0.25) is 9.80 Å². The van der Waals surface area contributed by atoms with Crippen molar-refractivity contribution in [1.82, 2.24) is 9.80 Å². The van der Waals surface area contributed by atoms with E-state index in [1.54, 1.807) is 0 Å². The molecule has 15 heavy (non-hydrogen) atoms. The third kappa shape index (κ3) is 2.36. The molecule has 88 valence electrons. The first-order valence-corrected chi connectivity index (χ1v) is 6.57. The molecule has 2 aliphatic rings. The van der Waals surface area contributed by atoms with Gasteiger partial charge in [0.15, 0.2) is 0 Å². The van der Waals surface area contributed by atoms with Crippen molar-refractivity contribution in [3.63, 3.8) is 0 Å². The summed E-state index contributed by atoms with van der Waals surface area (Å²) in [6.07, 6.45) is 2.80. The quantitative estimate of drug-likeness (QED) is 0.702. The normalized spacial score (nSPS) is 31.4. The van der Waals surface area contributed by atoms with Crippen LogP contribution >= 0.6 is 0 Å². The molecule has 2 heterocycles. The molecule has 0 saturated carbocycles. The zero-order valence-corrected chi connectivity index (χ0v) is 10.7. The fourth-order valence-electron chi connectivity index (χ4n) is 3.04. The molecule has 2 atom stereocenters. The molecule has 0 aliphatic carbocycles. The molecule has 2 unspecified atom stereocenters. The Kier molecular flexibility index (Phi) is 3.36. The molecule has 0 aromatic rings. The maximum absolute atomic E-state index is 2.65. The summed E-state index contributed by atoms with van der Waals surface area (Å²) >= 11 is 0. The largest absolute Gasteiger partial charge is 0.300 e. The maximum atomic E-state index is 2.65. The number of nitrogens with zero attached hydrogens (tertiary/aromatic N) is 2. The predicted molar refractivity (Wildman–Crippen MR) is 65.1 cm³/mol. The molecular weight excluding hydrogens is 184 g/mol. The van der Waals surface area contributed by atoms with Crippen molar-refractivity contribution in [2.24, 2.45) is 5.92 Å². The van der Waals surface area contributed by atoms with Gasteiger partial charge in [-0.15, -0.1) is 0 Å². The van der Waals surface area contributed by atoms with Crippen molar-refractivity contribution < 1.29 is 0 Å². The molecule has 2 fully saturated rings. The molecule has 0 aromatic carbocycles. The van der Waals surface area contributed by atoms with E-state index in [2.05, 4.69) is 37.5 Å². The predicted octanol–water partition coefficient (Wildman–Crippen LogP) is 2.20. The smallest absolute Gasteiger partial charge is 0.0125 e. The van der Waals surface area contributed by atoms with Gasteiger partial charge in [0.25, 0.3) is 0 Å². The van der Waals surface area contributed by atoms with Crippen LogP contribution in [0.1, 0.15) is 40.5 Å². The van der Waals surface area contributed by atoms with Crippen LogP contribution in [0.2, 0.25) is 0 Å². The van der Waals surface area contributed by atoms with Crippen LogP contribution in [0, 0.1) is 5.92 Å². The van der Waals surface area contributed by atoms with Gasteiger partial charge in [-0.05, 0) is 39.5 Å². The fourth-order valence-corrected chi connectivity index (χ4v) is 3.04. The third-order valence-electron chi connectivity index (χ3n) is 4.18. The van der Waals surface area contributed by atoms with Gasteiger partial charge >= 0.3 is 0 Å². The van der Waals surface area contributed by atoms with E-state index in [-0.39, 0.29) is 0 Å². The lowest BCUT2D eigenvalue weighted by Gasteiger charge is -2.48. The lowest BCUT2D eigenvalue weighted by Crippen LogP contribution is -2.56. The summed E-state index contributed by atoms with van der Waals surface area (Å²) < 4.78 is 0. The van der Waals surface area contributed by atoms with E-state index < -0.39 is 0 Å². The van der Waals surface area contributed by atoms with E-state index in [4.69, 9.17) is 0 Å². The summed E-state index contributed by atoms with van der Waals surface area (Å²) in [7, 11) is 0. The van der Waals surface area contributed by atoms with Crippen molar-refractivity contribution >= 4 is 0 Å². The van der Waals surface area contributed by atoms with Gasteiger partial charge in [0.05, 0.1) is 0 Å². The highest BCUT2D eigenvalue weighted by Gasteiger charge is 2.34. The Hall–Kier alpha value is -0.0800. The van der Waals surface area contributed by atoms with E-state index in [1.807, 2.05) is 0 Å². The minimum Gasteiger partial charge on any atom is -0.300 e. The van der Waals surface area contributed by atoms with E-state index in [9.17, 15) is 0 Å². The van der Waals surface area contributed by atoms with Gasteiger partial charge < -0.3 is 0 Å². The zero-order chi connectivity index (χ0) is 11.0. The Balaban J connectivity index is 1.72. The standard InChI is InChI=1S/C13H26N2/c1-10(2)15-6-5-13(15)7-12(4)14-8-11(3)9-14/h10-13H,5-9H2,1-4H3. The van der Waals surface area contributed by atoms with Crippen molar-refractivity contribution in [2.45, 2.75) is 58.7 Å². The Bertz CT molecular complexity index is 209. The van der Waals surface area contributed by atoms with Crippen LogP contribution in [0.5, 0.6) is 0 Å². The average Bonchev–Trinajstić information content (AvgIpc) is 2.05. The summed E-state index contributed by atoms with van der Waals surface area (Å²) in [5.41, 5.74) is 0. The molecular formula is C13H26N2. The van der Waals surface area contributed by atoms with Crippen LogP contribution in [-0.2, 0) is 0 Å². The number of hydrogen-bond acceptors (Lipinski definition) is 2. The van der Waals surface area contributed by atoms with Gasteiger partial charge in [0.1, 0.15) is 0 Å². The zero-order valence-electron chi connectivity index (χ0n) is 10.7. The Morgan fingerprint density at radius 3 is 2.27 bits per heavy atom. The van der Waals surface area contributed by atoms with Crippen LogP contribution in [0.15, 0.2) is 0 Å². The molecule has 2 nitrogen and oxygen atoms in total. The van der Waals surface area contributed by atoms with Gasteiger partial charge in [-0.25, -0.2) is 0 Å². The first-order chi connectivity index (χ1) is 7.08. The lowest BCUT2D eigenvalue weighted by atomic mass is 9.91. The SMILES string of the molecule is CC1CN(C(C)CC2CCN2C(C)C)C1. The van der Waals surface area contributed by atoms with Gasteiger partial charge in [-0.1, -0.05) is 6.92 Å². The van der Waals surface area contributed by atoms with Gasteiger partial charge in [0.2, 0.25) is 0 Å². The molecule has 0 N–H and O–H groups in total. The Morgan fingerprint density at radius 2 is 1.87 bits per heavy atom. The van der Waals surface area contributed by atoms with E-state index in [0.717, 1.165) is 24.0 Å². The summed E-state index contributed by atoms with van der Waals surface area (Å²) in [5.74, 6) is 0.940. The van der Waals surface area contributed by atoms with Crippen LogP contribution in [0.25, 0.3) is 0 Å². The summed E-state index contributed by atoms with van der Waals surface area (Å²) in [6.45, 7) is 13.4. The van der Waals surface area contributed by atoms with Crippen LogP contribution < -0.4 is 0 Å².